The highest BCUT2D eigenvalue weighted by atomic mass is 35.5. The molecule has 25 heavy (non-hydrogen) atoms. The number of rotatable bonds is 5. The molecule has 0 aliphatic carbocycles. The van der Waals surface area contributed by atoms with E-state index in [1.54, 1.807) is 24.3 Å². The van der Waals surface area contributed by atoms with Crippen molar-refractivity contribution in [1.29, 1.82) is 0 Å². The maximum absolute atomic E-state index is 12.6. The topological polar surface area (TPSA) is 66.5 Å². The van der Waals surface area contributed by atoms with Gasteiger partial charge in [-0.2, -0.15) is 0 Å². The number of aryl methyl sites for hydroxylation is 1. The number of para-hydroxylation sites is 1. The molecule has 5 nitrogen and oxygen atoms in total. The molecule has 3 rings (SSSR count). The van der Waals surface area contributed by atoms with Crippen molar-refractivity contribution in [2.45, 2.75) is 19.8 Å². The van der Waals surface area contributed by atoms with Gasteiger partial charge in [-0.1, -0.05) is 29.8 Å². The number of carbonyl (C=O) groups excluding carboxylic acids is 1. The Hall–Kier alpha value is -2.05. The van der Waals surface area contributed by atoms with E-state index in [0.29, 0.717) is 23.7 Å². The molecule has 2 aromatic rings. The number of hydrogen-bond acceptors (Lipinski definition) is 3. The normalized spacial score (nSPS) is 13.6. The first-order chi connectivity index (χ1) is 11.9. The molecule has 0 bridgehead atoms. The summed E-state index contributed by atoms with van der Waals surface area (Å²) in [5.74, 6) is -0.554. The number of nitrogens with zero attached hydrogens (tertiary/aromatic N) is 1. The predicted molar refractivity (Wildman–Crippen MR) is 101 cm³/mol. The molecule has 2 aromatic carbocycles. The Bertz CT molecular complexity index is 912. The number of halogens is 1. The molecular weight excluding hydrogens is 360 g/mol. The lowest BCUT2D eigenvalue weighted by atomic mass is 10.2. The Balaban J connectivity index is 1.64. The summed E-state index contributed by atoms with van der Waals surface area (Å²) < 4.78 is 26.6. The van der Waals surface area contributed by atoms with Crippen LogP contribution in [-0.4, -0.2) is 26.6 Å². The number of amides is 1. The van der Waals surface area contributed by atoms with E-state index in [2.05, 4.69) is 5.32 Å². The molecule has 0 spiro atoms. The third-order valence-electron chi connectivity index (χ3n) is 4.23. The van der Waals surface area contributed by atoms with Crippen LogP contribution in [0.15, 0.2) is 42.5 Å². The van der Waals surface area contributed by atoms with Gasteiger partial charge in [-0.3, -0.25) is 9.10 Å². The van der Waals surface area contributed by atoms with E-state index in [-0.39, 0.29) is 18.1 Å². The highest BCUT2D eigenvalue weighted by Crippen LogP contribution is 2.30. The minimum atomic E-state index is -3.53. The minimum absolute atomic E-state index is 0.0942. The van der Waals surface area contributed by atoms with Gasteiger partial charge in [-0.25, -0.2) is 8.42 Å². The molecule has 1 N–H and O–H groups in total. The first-order valence-corrected chi connectivity index (χ1v) is 10.00. The molecule has 0 fully saturated rings. The standard InChI is InChI=1S/C18H19ClN2O3S/c1-13-12-15(19)6-7-16(13)20-18(22)9-11-25(23,24)21-10-8-14-4-2-3-5-17(14)21/h2-7,12H,8-11H2,1H3,(H,20,22). The first-order valence-electron chi connectivity index (χ1n) is 8.01. The van der Waals surface area contributed by atoms with Crippen LogP contribution in [0.2, 0.25) is 5.02 Å². The van der Waals surface area contributed by atoms with Crippen LogP contribution in [0, 0.1) is 6.92 Å². The predicted octanol–water partition coefficient (Wildman–Crippen LogP) is 3.37. The number of sulfonamides is 1. The maximum Gasteiger partial charge on any atom is 0.235 e. The molecule has 1 aliphatic rings. The second-order valence-electron chi connectivity index (χ2n) is 6.02. The van der Waals surface area contributed by atoms with Crippen molar-refractivity contribution < 1.29 is 13.2 Å². The van der Waals surface area contributed by atoms with E-state index < -0.39 is 10.0 Å². The molecule has 0 radical (unpaired) electrons. The van der Waals surface area contributed by atoms with Crippen LogP contribution < -0.4 is 9.62 Å². The van der Waals surface area contributed by atoms with Crippen molar-refractivity contribution in [3.05, 3.63) is 58.6 Å². The molecular formula is C18H19ClN2O3S. The Morgan fingerprint density at radius 2 is 2.00 bits per heavy atom. The summed E-state index contributed by atoms with van der Waals surface area (Å²) in [6, 6.07) is 12.6. The second-order valence-corrected chi connectivity index (χ2v) is 8.47. The van der Waals surface area contributed by atoms with Crippen molar-refractivity contribution in [2.24, 2.45) is 0 Å². The molecule has 1 heterocycles. The molecule has 0 unspecified atom stereocenters. The fourth-order valence-electron chi connectivity index (χ4n) is 2.91. The van der Waals surface area contributed by atoms with E-state index in [0.717, 1.165) is 16.8 Å². The third kappa shape index (κ3) is 3.96. The average molecular weight is 379 g/mol. The third-order valence-corrected chi connectivity index (χ3v) is 6.24. The van der Waals surface area contributed by atoms with Gasteiger partial charge in [0.15, 0.2) is 0 Å². The van der Waals surface area contributed by atoms with Crippen LogP contribution in [0.4, 0.5) is 11.4 Å². The smallest absolute Gasteiger partial charge is 0.235 e. The van der Waals surface area contributed by atoms with Gasteiger partial charge in [0.05, 0.1) is 11.4 Å². The molecule has 1 aliphatic heterocycles. The molecule has 0 aromatic heterocycles. The van der Waals surface area contributed by atoms with Crippen LogP contribution in [-0.2, 0) is 21.2 Å². The number of hydrogen-bond donors (Lipinski definition) is 1. The summed E-state index contributed by atoms with van der Waals surface area (Å²) in [6.45, 7) is 2.26. The van der Waals surface area contributed by atoms with Crippen LogP contribution in [0.3, 0.4) is 0 Å². The van der Waals surface area contributed by atoms with E-state index in [1.165, 1.54) is 4.31 Å². The van der Waals surface area contributed by atoms with Crippen molar-refractivity contribution in [3.8, 4) is 0 Å². The fourth-order valence-corrected chi connectivity index (χ4v) is 4.65. The fraction of sp³-hybridized carbons (Fsp3) is 0.278. The largest absolute Gasteiger partial charge is 0.326 e. The van der Waals surface area contributed by atoms with Gasteiger partial charge in [0.25, 0.3) is 0 Å². The SMILES string of the molecule is Cc1cc(Cl)ccc1NC(=O)CCS(=O)(=O)N1CCc2ccccc21. The van der Waals surface area contributed by atoms with Gasteiger partial charge in [-0.15, -0.1) is 0 Å². The van der Waals surface area contributed by atoms with Crippen molar-refractivity contribution in [3.63, 3.8) is 0 Å². The number of anilines is 2. The Labute approximate surface area is 152 Å². The van der Waals surface area contributed by atoms with E-state index >= 15 is 0 Å². The summed E-state index contributed by atoms with van der Waals surface area (Å²) in [7, 11) is -3.53. The zero-order valence-corrected chi connectivity index (χ0v) is 15.4. The average Bonchev–Trinajstić information content (AvgIpc) is 3.01. The van der Waals surface area contributed by atoms with Gasteiger partial charge in [0.2, 0.25) is 15.9 Å². The van der Waals surface area contributed by atoms with Crippen LogP contribution >= 0.6 is 11.6 Å². The molecule has 1 amide bonds. The lowest BCUT2D eigenvalue weighted by Crippen LogP contribution is -2.32. The molecule has 0 saturated heterocycles. The number of benzene rings is 2. The summed E-state index contributed by atoms with van der Waals surface area (Å²) in [5, 5.41) is 3.33. The van der Waals surface area contributed by atoms with Crippen LogP contribution in [0.1, 0.15) is 17.5 Å². The summed E-state index contributed by atoms with van der Waals surface area (Å²) in [5.41, 5.74) is 3.21. The highest BCUT2D eigenvalue weighted by Gasteiger charge is 2.29. The van der Waals surface area contributed by atoms with E-state index in [4.69, 9.17) is 11.6 Å². The second kappa shape index (κ2) is 7.06. The number of fused-ring (bicyclic) bond motifs is 1. The molecule has 7 heteroatoms. The van der Waals surface area contributed by atoms with Gasteiger partial charge >= 0.3 is 0 Å². The number of carbonyl (C=O) groups is 1. The summed E-state index contributed by atoms with van der Waals surface area (Å²) >= 11 is 5.89. The maximum atomic E-state index is 12.6. The lowest BCUT2D eigenvalue weighted by Gasteiger charge is -2.19. The minimum Gasteiger partial charge on any atom is -0.326 e. The molecule has 132 valence electrons. The monoisotopic (exact) mass is 378 g/mol. The van der Waals surface area contributed by atoms with E-state index in [1.807, 2.05) is 25.1 Å². The van der Waals surface area contributed by atoms with Crippen molar-refractivity contribution in [2.75, 3.05) is 21.9 Å². The lowest BCUT2D eigenvalue weighted by molar-refractivity contribution is -0.115. The zero-order valence-electron chi connectivity index (χ0n) is 13.8. The molecule has 0 saturated carbocycles. The van der Waals surface area contributed by atoms with Gasteiger partial charge in [0, 0.05) is 23.7 Å². The molecule has 0 atom stereocenters. The highest BCUT2D eigenvalue weighted by molar-refractivity contribution is 7.92. The Morgan fingerprint density at radius 1 is 1.24 bits per heavy atom. The van der Waals surface area contributed by atoms with Gasteiger partial charge in [-0.05, 0) is 48.7 Å². The van der Waals surface area contributed by atoms with Gasteiger partial charge < -0.3 is 5.32 Å². The van der Waals surface area contributed by atoms with E-state index in [9.17, 15) is 13.2 Å². The summed E-state index contributed by atoms with van der Waals surface area (Å²) in [6.07, 6.45) is 0.606. The Kier molecular flexibility index (Phi) is 5.01. The van der Waals surface area contributed by atoms with Crippen LogP contribution in [0.5, 0.6) is 0 Å². The van der Waals surface area contributed by atoms with Crippen molar-refractivity contribution >= 4 is 38.9 Å². The quantitative estimate of drug-likeness (QED) is 0.867. The van der Waals surface area contributed by atoms with Gasteiger partial charge in [0.1, 0.15) is 0 Å². The zero-order chi connectivity index (χ0) is 18.0. The van der Waals surface area contributed by atoms with Crippen molar-refractivity contribution in [1.82, 2.24) is 0 Å². The first kappa shape index (κ1) is 17.8. The summed E-state index contributed by atoms with van der Waals surface area (Å²) in [4.78, 5) is 12.1. The number of nitrogens with one attached hydrogen (secondary N) is 1. The Morgan fingerprint density at radius 3 is 2.76 bits per heavy atom. The van der Waals surface area contributed by atoms with Crippen LogP contribution in [0.25, 0.3) is 0 Å².